The Morgan fingerprint density at radius 2 is 1.16 bits per heavy atom. The number of fused-ring (bicyclic) bond motifs is 8. The van der Waals surface area contributed by atoms with E-state index >= 15 is 0 Å². The van der Waals surface area contributed by atoms with Gasteiger partial charge in [0.2, 0.25) is 0 Å². The molecule has 3 nitrogen and oxygen atoms in total. The van der Waals surface area contributed by atoms with Gasteiger partial charge >= 0.3 is 0 Å². The maximum absolute atomic E-state index is 4.83. The smallest absolute Gasteiger partial charge is 0.137 e. The normalized spacial score (nSPS) is 12.2. The van der Waals surface area contributed by atoms with Crippen molar-refractivity contribution in [2.75, 3.05) is 0 Å². The number of hydrogen-bond donors (Lipinski definition) is 0. The zero-order chi connectivity index (χ0) is 37.2. The maximum Gasteiger partial charge on any atom is 0.137 e. The molecule has 0 aliphatic heterocycles. The fourth-order valence-corrected chi connectivity index (χ4v) is 10.9. The van der Waals surface area contributed by atoms with Crippen molar-refractivity contribution in [2.24, 2.45) is 0 Å². The van der Waals surface area contributed by atoms with Crippen LogP contribution in [0.1, 0.15) is 0 Å². The predicted molar refractivity (Wildman–Crippen MR) is 243 cm³/mol. The third-order valence-corrected chi connectivity index (χ3v) is 13.3. The minimum absolute atomic E-state index is 0.920. The summed E-state index contributed by atoms with van der Waals surface area (Å²) in [5.74, 6) is 0.920. The van der Waals surface area contributed by atoms with Crippen LogP contribution >= 0.6 is 11.3 Å². The van der Waals surface area contributed by atoms with Gasteiger partial charge in [0.25, 0.3) is 0 Å². The van der Waals surface area contributed by atoms with Crippen LogP contribution in [0.15, 0.2) is 188 Å². The van der Waals surface area contributed by atoms with E-state index in [1.54, 1.807) is 0 Å². The van der Waals surface area contributed by atoms with E-state index in [0.717, 1.165) is 22.5 Å². The lowest BCUT2D eigenvalue weighted by Gasteiger charge is -2.12. The van der Waals surface area contributed by atoms with E-state index in [9.17, 15) is 0 Å². The summed E-state index contributed by atoms with van der Waals surface area (Å²) in [6.45, 7) is 0. The third-order valence-electron chi connectivity index (χ3n) is 12.1. The summed E-state index contributed by atoms with van der Waals surface area (Å²) in [4.78, 5) is 4.83. The molecule has 13 rings (SSSR count). The number of rotatable bonds is 4. The first-order valence-corrected chi connectivity index (χ1v) is 20.3. The Morgan fingerprint density at radius 1 is 0.404 bits per heavy atom. The highest BCUT2D eigenvalue weighted by molar-refractivity contribution is 7.26. The van der Waals surface area contributed by atoms with Crippen molar-refractivity contribution in [1.82, 2.24) is 14.1 Å². The van der Waals surface area contributed by atoms with Crippen molar-refractivity contribution in [3.05, 3.63) is 188 Å². The second-order valence-corrected chi connectivity index (χ2v) is 16.2. The van der Waals surface area contributed by atoms with E-state index in [2.05, 4.69) is 185 Å². The number of nitrogens with zero attached hydrogens (tertiary/aromatic N) is 3. The highest BCUT2D eigenvalue weighted by atomic mass is 32.1. The lowest BCUT2D eigenvalue weighted by molar-refractivity contribution is 1.08. The molecule has 0 bridgehead atoms. The molecule has 57 heavy (non-hydrogen) atoms. The van der Waals surface area contributed by atoms with Gasteiger partial charge in [-0.15, -0.1) is 11.3 Å². The second kappa shape index (κ2) is 11.6. The van der Waals surface area contributed by atoms with Gasteiger partial charge in [0.05, 0.1) is 22.1 Å². The van der Waals surface area contributed by atoms with Crippen molar-refractivity contribution in [3.63, 3.8) is 0 Å². The summed E-state index contributed by atoms with van der Waals surface area (Å²) < 4.78 is 7.49. The standard InChI is InChI=1S/C53H31N3S/c1-2-10-32(11-3-1)40-14-9-15-42-41-26-24-37(31-47(41)57-53(40)42)34-20-21-36-29-39(25-23-35(36)28-34)55-45-17-8-12-33-19-22-38-30-46-51(52(55)50(38)49(33)45)43-13-4-5-16-44(43)56(46)48-18-6-7-27-54-48/h1-31H. The van der Waals surface area contributed by atoms with Crippen LogP contribution in [0.5, 0.6) is 0 Å². The van der Waals surface area contributed by atoms with Crippen LogP contribution in [0.25, 0.3) is 119 Å². The molecule has 264 valence electrons. The molecule has 13 aromatic rings. The summed E-state index contributed by atoms with van der Waals surface area (Å²) in [5, 5.41) is 12.7. The second-order valence-electron chi connectivity index (χ2n) is 15.1. The van der Waals surface area contributed by atoms with E-state index < -0.39 is 0 Å². The van der Waals surface area contributed by atoms with Crippen LogP contribution in [0.2, 0.25) is 0 Å². The topological polar surface area (TPSA) is 22.8 Å². The Bertz CT molecular complexity index is 3740. The molecule has 0 amide bonds. The molecule has 0 saturated carbocycles. The molecular weight excluding hydrogens is 711 g/mol. The summed E-state index contributed by atoms with van der Waals surface area (Å²) in [7, 11) is 0. The predicted octanol–water partition coefficient (Wildman–Crippen LogP) is 14.7. The maximum atomic E-state index is 4.83. The molecule has 0 fully saturated rings. The Hall–Kier alpha value is -7.27. The lowest BCUT2D eigenvalue weighted by Crippen LogP contribution is -1.97. The van der Waals surface area contributed by atoms with E-state index in [1.165, 1.54) is 96.5 Å². The first-order valence-electron chi connectivity index (χ1n) is 19.4. The molecule has 4 heteroatoms. The first-order chi connectivity index (χ1) is 28.3. The summed E-state index contributed by atoms with van der Waals surface area (Å²) in [6, 6.07) is 66.9. The van der Waals surface area contributed by atoms with Crippen molar-refractivity contribution >= 4 is 96.7 Å². The third kappa shape index (κ3) is 4.39. The number of benzene rings is 9. The van der Waals surface area contributed by atoms with Crippen LogP contribution in [0, 0.1) is 0 Å². The van der Waals surface area contributed by atoms with E-state index in [4.69, 9.17) is 4.98 Å². The number of aromatic nitrogens is 3. The molecule has 4 heterocycles. The minimum atomic E-state index is 0.920. The zero-order valence-corrected chi connectivity index (χ0v) is 31.5. The molecule has 0 saturated heterocycles. The number of thiophene rings is 1. The first kappa shape index (κ1) is 31.0. The van der Waals surface area contributed by atoms with Gasteiger partial charge in [-0.05, 0) is 98.4 Å². The number of hydrogen-bond acceptors (Lipinski definition) is 2. The average molecular weight is 742 g/mol. The highest BCUT2D eigenvalue weighted by Gasteiger charge is 2.24. The van der Waals surface area contributed by atoms with Crippen molar-refractivity contribution in [3.8, 4) is 33.8 Å². The summed E-state index contributed by atoms with van der Waals surface area (Å²) in [6.07, 6.45) is 1.88. The quantitative estimate of drug-likeness (QED) is 0.165. The summed E-state index contributed by atoms with van der Waals surface area (Å²) >= 11 is 1.89. The van der Waals surface area contributed by atoms with E-state index in [1.807, 2.05) is 23.6 Å². The zero-order valence-electron chi connectivity index (χ0n) is 30.6. The molecule has 9 aromatic carbocycles. The Balaban J connectivity index is 1.00. The van der Waals surface area contributed by atoms with Gasteiger partial charge in [-0.25, -0.2) is 4.98 Å². The molecule has 4 aromatic heterocycles. The Morgan fingerprint density at radius 3 is 2.09 bits per heavy atom. The molecule has 0 atom stereocenters. The number of para-hydroxylation sites is 1. The molecule has 0 spiro atoms. The van der Waals surface area contributed by atoms with Gasteiger partial charge in [-0.1, -0.05) is 127 Å². The van der Waals surface area contributed by atoms with E-state index in [0.29, 0.717) is 0 Å². The molecule has 0 aliphatic carbocycles. The fourth-order valence-electron chi connectivity index (χ4n) is 9.57. The summed E-state index contributed by atoms with van der Waals surface area (Å²) in [5.41, 5.74) is 10.9. The van der Waals surface area contributed by atoms with Crippen LogP contribution < -0.4 is 0 Å². The van der Waals surface area contributed by atoms with Gasteiger partial charge in [0, 0.05) is 53.6 Å². The van der Waals surface area contributed by atoms with Crippen LogP contribution in [-0.2, 0) is 0 Å². The lowest BCUT2D eigenvalue weighted by atomic mass is 9.99. The molecule has 0 radical (unpaired) electrons. The van der Waals surface area contributed by atoms with Gasteiger partial charge in [0.15, 0.2) is 0 Å². The molecule has 0 aliphatic rings. The van der Waals surface area contributed by atoms with Crippen molar-refractivity contribution in [1.29, 1.82) is 0 Å². The molecular formula is C53H31N3S. The average Bonchev–Trinajstić information content (AvgIpc) is 3.94. The Kier molecular flexibility index (Phi) is 6.32. The molecule has 0 N–H and O–H groups in total. The monoisotopic (exact) mass is 741 g/mol. The van der Waals surface area contributed by atoms with Gasteiger partial charge in [0.1, 0.15) is 5.82 Å². The van der Waals surface area contributed by atoms with Crippen molar-refractivity contribution in [2.45, 2.75) is 0 Å². The highest BCUT2D eigenvalue weighted by Crippen LogP contribution is 2.46. The fraction of sp³-hybridized carbons (Fsp3) is 0. The van der Waals surface area contributed by atoms with E-state index in [-0.39, 0.29) is 0 Å². The van der Waals surface area contributed by atoms with Gasteiger partial charge in [-0.3, -0.25) is 4.57 Å². The Labute approximate surface area is 331 Å². The number of pyridine rings is 1. The van der Waals surface area contributed by atoms with Crippen LogP contribution in [0.4, 0.5) is 0 Å². The molecule has 0 unspecified atom stereocenters. The SMILES string of the molecule is c1ccc(-c2cccc3c2sc2cc(-c4ccc5cc(-n6c7cccc8ccc9cc%10c(c%11ccccc%11n%10-c%10ccccn%10)c6c9c87)ccc5c4)ccc23)cc1. The minimum Gasteiger partial charge on any atom is -0.308 e. The van der Waals surface area contributed by atoms with Crippen molar-refractivity contribution < 1.29 is 0 Å². The van der Waals surface area contributed by atoms with Crippen LogP contribution in [0.3, 0.4) is 0 Å². The van der Waals surface area contributed by atoms with Gasteiger partial charge < -0.3 is 4.57 Å². The van der Waals surface area contributed by atoms with Gasteiger partial charge in [-0.2, -0.15) is 0 Å². The largest absolute Gasteiger partial charge is 0.308 e. The van der Waals surface area contributed by atoms with Crippen LogP contribution in [-0.4, -0.2) is 14.1 Å².